The number of nitrogens with one attached hydrogen (secondary N) is 1. The Hall–Kier alpha value is -1.59. The molecule has 100 valence electrons. The van der Waals surface area contributed by atoms with Gasteiger partial charge in [-0.15, -0.1) is 0 Å². The number of hydrogen-bond acceptors (Lipinski definition) is 1. The molecule has 0 aromatic carbocycles. The van der Waals surface area contributed by atoms with Crippen molar-refractivity contribution in [3.05, 3.63) is 29.6 Å². The van der Waals surface area contributed by atoms with E-state index < -0.39 is 24.7 Å². The Bertz CT molecular complexity index is 443. The molecule has 1 atom stereocenters. The summed E-state index contributed by atoms with van der Waals surface area (Å²) in [4.78, 5) is 11.6. The van der Waals surface area contributed by atoms with Crippen molar-refractivity contribution in [2.75, 3.05) is 6.54 Å². The molecule has 0 bridgehead atoms. The van der Waals surface area contributed by atoms with Crippen molar-refractivity contribution < 1.29 is 22.5 Å². The van der Waals surface area contributed by atoms with Crippen molar-refractivity contribution in [1.82, 2.24) is 5.32 Å². The third kappa shape index (κ3) is 3.72. The maximum absolute atomic E-state index is 12.0. The Labute approximate surface area is 104 Å². The number of carbonyl (C=O) groups excluding carboxylic acids is 1. The van der Waals surface area contributed by atoms with Crippen molar-refractivity contribution >= 4 is 5.91 Å². The molecule has 0 radical (unpaired) electrons. The molecule has 0 saturated carbocycles. The van der Waals surface area contributed by atoms with E-state index in [4.69, 9.17) is 0 Å². The molecular weight excluding hydrogens is 245 g/mol. The van der Waals surface area contributed by atoms with Crippen molar-refractivity contribution in [2.24, 2.45) is 0 Å². The molecule has 0 fully saturated rings. The van der Waals surface area contributed by atoms with Crippen molar-refractivity contribution in [3.63, 3.8) is 0 Å². The summed E-state index contributed by atoms with van der Waals surface area (Å²) in [5.74, 6) is -0.647. The highest BCUT2D eigenvalue weighted by atomic mass is 19.4. The fourth-order valence-electron chi connectivity index (χ4n) is 1.60. The minimum Gasteiger partial charge on any atom is -0.341 e. The molecular formula is C12H16F3N2O+. The molecule has 0 spiro atoms. The minimum atomic E-state index is -4.39. The molecule has 18 heavy (non-hydrogen) atoms. The third-order valence-electron chi connectivity index (χ3n) is 2.81. The molecule has 1 amide bonds. The van der Waals surface area contributed by atoms with Crippen LogP contribution in [0.4, 0.5) is 13.2 Å². The topological polar surface area (TPSA) is 33.0 Å². The van der Waals surface area contributed by atoms with Crippen molar-refractivity contribution in [1.29, 1.82) is 0 Å². The Morgan fingerprint density at radius 3 is 2.61 bits per heavy atom. The quantitative estimate of drug-likeness (QED) is 0.827. The van der Waals surface area contributed by atoms with Crippen LogP contribution in [-0.2, 0) is 4.79 Å². The van der Waals surface area contributed by atoms with Crippen molar-refractivity contribution in [2.45, 2.75) is 33.0 Å². The number of aromatic nitrogens is 1. The number of aryl methyl sites for hydroxylation is 1. The number of rotatable bonds is 3. The second-order valence-corrected chi connectivity index (χ2v) is 4.19. The number of pyridine rings is 1. The number of amides is 1. The number of alkyl halides is 3. The molecule has 6 heteroatoms. The summed E-state index contributed by atoms with van der Waals surface area (Å²) in [5.41, 5.74) is 1.83. The van der Waals surface area contributed by atoms with Crippen LogP contribution in [-0.4, -0.2) is 18.6 Å². The largest absolute Gasteiger partial charge is 0.405 e. The van der Waals surface area contributed by atoms with Crippen LogP contribution in [0.1, 0.15) is 24.2 Å². The predicted octanol–water partition coefficient (Wildman–Crippen LogP) is 1.83. The summed E-state index contributed by atoms with van der Waals surface area (Å²) in [6, 6.07) is 2.97. The Balaban J connectivity index is 2.78. The van der Waals surface area contributed by atoms with Crippen molar-refractivity contribution in [3.8, 4) is 0 Å². The van der Waals surface area contributed by atoms with Crippen LogP contribution in [0.15, 0.2) is 18.3 Å². The Kier molecular flexibility index (Phi) is 4.32. The lowest BCUT2D eigenvalue weighted by molar-refractivity contribution is -0.712. The Morgan fingerprint density at radius 2 is 2.06 bits per heavy atom. The SMILES string of the molecule is Cc1ccc[n+]([C@H](C)C(=O)NCC(F)(F)F)c1C. The van der Waals surface area contributed by atoms with Gasteiger partial charge in [0.25, 0.3) is 5.91 Å². The molecule has 1 aromatic rings. The highest BCUT2D eigenvalue weighted by Crippen LogP contribution is 2.12. The van der Waals surface area contributed by atoms with Gasteiger partial charge in [-0.25, -0.2) is 0 Å². The van der Waals surface area contributed by atoms with E-state index in [0.29, 0.717) is 0 Å². The van der Waals surface area contributed by atoms with Crippen LogP contribution in [0.25, 0.3) is 0 Å². The lowest BCUT2D eigenvalue weighted by Gasteiger charge is -2.12. The van der Waals surface area contributed by atoms with E-state index in [-0.39, 0.29) is 0 Å². The van der Waals surface area contributed by atoms with Gasteiger partial charge < -0.3 is 5.32 Å². The fourth-order valence-corrected chi connectivity index (χ4v) is 1.60. The molecule has 0 aliphatic rings. The van der Waals surface area contributed by atoms with Crippen LogP contribution in [0.5, 0.6) is 0 Å². The molecule has 0 saturated heterocycles. The first kappa shape index (κ1) is 14.5. The summed E-state index contributed by atoms with van der Waals surface area (Å²) in [7, 11) is 0. The molecule has 1 rings (SSSR count). The van der Waals surface area contributed by atoms with Gasteiger partial charge in [-0.2, -0.15) is 17.7 Å². The maximum atomic E-state index is 12.0. The third-order valence-corrected chi connectivity index (χ3v) is 2.81. The number of hydrogen-bond donors (Lipinski definition) is 1. The summed E-state index contributed by atoms with van der Waals surface area (Å²) >= 11 is 0. The molecule has 1 aromatic heterocycles. The number of halogens is 3. The smallest absolute Gasteiger partial charge is 0.341 e. The predicted molar refractivity (Wildman–Crippen MR) is 59.9 cm³/mol. The van der Waals surface area contributed by atoms with Gasteiger partial charge in [0, 0.05) is 25.5 Å². The summed E-state index contributed by atoms with van der Waals surface area (Å²) in [6.07, 6.45) is -2.71. The maximum Gasteiger partial charge on any atom is 0.405 e. The normalized spacial score (nSPS) is 13.2. The van der Waals surface area contributed by atoms with Gasteiger partial charge in [0.15, 0.2) is 11.9 Å². The van der Waals surface area contributed by atoms with Crippen LogP contribution >= 0.6 is 0 Å². The van der Waals surface area contributed by atoms with Gasteiger partial charge in [0.2, 0.25) is 6.04 Å². The Morgan fingerprint density at radius 1 is 1.44 bits per heavy atom. The van der Waals surface area contributed by atoms with Gasteiger partial charge in [-0.3, -0.25) is 4.79 Å². The van der Waals surface area contributed by atoms with Gasteiger partial charge in [-0.1, -0.05) is 0 Å². The zero-order valence-electron chi connectivity index (χ0n) is 10.5. The second-order valence-electron chi connectivity index (χ2n) is 4.19. The van der Waals surface area contributed by atoms with Crippen LogP contribution in [0.2, 0.25) is 0 Å². The van der Waals surface area contributed by atoms with E-state index in [1.165, 1.54) is 0 Å². The van der Waals surface area contributed by atoms with Gasteiger partial charge in [0.05, 0.1) is 0 Å². The standard InChI is InChI=1S/C12H15F3N2O/c1-8-5-4-6-17(9(8)2)10(3)11(18)16-7-12(13,14)15/h4-6,10H,7H2,1-3H3/p+1/t10-/m1/s1. The average Bonchev–Trinajstić information content (AvgIpc) is 2.28. The van der Waals surface area contributed by atoms with Gasteiger partial charge >= 0.3 is 6.18 Å². The van der Waals surface area contributed by atoms with E-state index in [2.05, 4.69) is 0 Å². The second kappa shape index (κ2) is 5.37. The zero-order chi connectivity index (χ0) is 13.9. The molecule has 0 unspecified atom stereocenters. The van der Waals surface area contributed by atoms with Gasteiger partial charge in [0.1, 0.15) is 6.54 Å². The van der Waals surface area contributed by atoms with E-state index in [1.807, 2.05) is 25.2 Å². The van der Waals surface area contributed by atoms with Gasteiger partial charge in [-0.05, 0) is 13.0 Å². The molecule has 1 heterocycles. The molecule has 3 nitrogen and oxygen atoms in total. The summed E-state index contributed by atoms with van der Waals surface area (Å²) in [6.45, 7) is 3.97. The number of carbonyl (C=O) groups is 1. The highest BCUT2D eigenvalue weighted by Gasteiger charge is 2.31. The van der Waals surface area contributed by atoms with E-state index in [9.17, 15) is 18.0 Å². The first-order chi connectivity index (χ1) is 8.22. The first-order valence-corrected chi connectivity index (χ1v) is 5.54. The van der Waals surface area contributed by atoms with E-state index >= 15 is 0 Å². The van der Waals surface area contributed by atoms with E-state index in [1.54, 1.807) is 23.8 Å². The average molecular weight is 261 g/mol. The van der Waals surface area contributed by atoms with Crippen LogP contribution < -0.4 is 9.88 Å². The lowest BCUT2D eigenvalue weighted by atomic mass is 10.2. The van der Waals surface area contributed by atoms with Crippen LogP contribution in [0.3, 0.4) is 0 Å². The summed E-state index contributed by atoms with van der Waals surface area (Å²) in [5, 5.41) is 1.88. The minimum absolute atomic E-state index is 0.647. The fraction of sp³-hybridized carbons (Fsp3) is 0.500. The monoisotopic (exact) mass is 261 g/mol. The molecule has 0 aliphatic carbocycles. The lowest BCUT2D eigenvalue weighted by Crippen LogP contribution is -2.50. The zero-order valence-corrected chi connectivity index (χ0v) is 10.5. The highest BCUT2D eigenvalue weighted by molar-refractivity contribution is 5.78. The molecule has 0 aliphatic heterocycles. The summed E-state index contributed by atoms with van der Waals surface area (Å²) < 4.78 is 37.7. The molecule has 1 N–H and O–H groups in total. The number of nitrogens with zero attached hydrogens (tertiary/aromatic N) is 1. The first-order valence-electron chi connectivity index (χ1n) is 5.54. The van der Waals surface area contributed by atoms with E-state index in [0.717, 1.165) is 11.3 Å². The van der Waals surface area contributed by atoms with Crippen LogP contribution in [0, 0.1) is 13.8 Å².